The Morgan fingerprint density at radius 3 is 2.17 bits per heavy atom. The van der Waals surface area contributed by atoms with E-state index in [1.54, 1.807) is 6.07 Å². The van der Waals surface area contributed by atoms with Gasteiger partial charge in [0, 0.05) is 28.5 Å². The van der Waals surface area contributed by atoms with Crippen LogP contribution in [-0.2, 0) is 25.9 Å². The minimum atomic E-state index is -0.445. The van der Waals surface area contributed by atoms with Crippen molar-refractivity contribution in [1.29, 1.82) is 0 Å². The van der Waals surface area contributed by atoms with Gasteiger partial charge in [0.1, 0.15) is 18.1 Å². The van der Waals surface area contributed by atoms with Gasteiger partial charge in [0.2, 0.25) is 5.91 Å². The molecular formula is C30H38N2O3. The number of nitrogens with zero attached hydrogens (tertiary/aromatic N) is 1. The fraction of sp³-hybridized carbons (Fsp3) is 0.400. The van der Waals surface area contributed by atoms with Gasteiger partial charge < -0.3 is 15.2 Å². The zero-order valence-electron chi connectivity index (χ0n) is 22.1. The summed E-state index contributed by atoms with van der Waals surface area (Å²) < 4.78 is 12.6. The number of aromatic nitrogens is 1. The summed E-state index contributed by atoms with van der Waals surface area (Å²) in [5.41, 5.74) is 14.4. The topological polar surface area (TPSA) is 74.4 Å². The van der Waals surface area contributed by atoms with Gasteiger partial charge in [-0.25, -0.2) is 0 Å². The molecule has 5 nitrogen and oxygen atoms in total. The SMILES string of the molecule is CCc1cccc(CC)c1-c1cc(OC(C)C)c(COc2c(C)ccc(C(N)=O)c2CC)c(C)n1. The van der Waals surface area contributed by atoms with Gasteiger partial charge in [0.25, 0.3) is 0 Å². The molecule has 0 atom stereocenters. The molecule has 0 saturated heterocycles. The molecule has 1 amide bonds. The highest BCUT2D eigenvalue weighted by atomic mass is 16.5. The Morgan fingerprint density at radius 1 is 0.971 bits per heavy atom. The minimum absolute atomic E-state index is 0.00147. The summed E-state index contributed by atoms with van der Waals surface area (Å²) in [6, 6.07) is 12.2. The normalized spacial score (nSPS) is 11.1. The van der Waals surface area contributed by atoms with Crippen LogP contribution in [0.1, 0.15) is 78.5 Å². The first kappa shape index (κ1) is 26.3. The van der Waals surface area contributed by atoms with Crippen LogP contribution in [-0.4, -0.2) is 17.0 Å². The van der Waals surface area contributed by atoms with Gasteiger partial charge in [-0.1, -0.05) is 45.0 Å². The Kier molecular flexibility index (Phi) is 8.55. The monoisotopic (exact) mass is 474 g/mol. The van der Waals surface area contributed by atoms with Gasteiger partial charge in [0.05, 0.1) is 17.4 Å². The van der Waals surface area contributed by atoms with E-state index in [1.165, 1.54) is 16.7 Å². The third-order valence-corrected chi connectivity index (χ3v) is 6.35. The molecule has 0 aliphatic heterocycles. The molecule has 35 heavy (non-hydrogen) atoms. The lowest BCUT2D eigenvalue weighted by molar-refractivity contribution is 0.0998. The van der Waals surface area contributed by atoms with Crippen molar-refractivity contribution in [1.82, 2.24) is 4.98 Å². The average Bonchev–Trinajstić information content (AvgIpc) is 2.82. The molecule has 2 N–H and O–H groups in total. The number of nitrogens with two attached hydrogens (primary N) is 1. The van der Waals surface area contributed by atoms with E-state index in [1.807, 2.05) is 46.8 Å². The van der Waals surface area contributed by atoms with Gasteiger partial charge in [-0.15, -0.1) is 0 Å². The lowest BCUT2D eigenvalue weighted by Gasteiger charge is -2.21. The van der Waals surface area contributed by atoms with E-state index >= 15 is 0 Å². The van der Waals surface area contributed by atoms with Gasteiger partial charge in [0.15, 0.2) is 0 Å². The standard InChI is InChI=1S/C30H38N2O3/c1-8-21-12-11-13-22(9-2)28(21)26-16-27(35-18(4)5)25(20(7)32-26)17-34-29-19(6)14-15-24(30(31)33)23(29)10-3/h11-16,18H,8-10,17H2,1-7H3,(H2,31,33). The zero-order chi connectivity index (χ0) is 25.7. The summed E-state index contributed by atoms with van der Waals surface area (Å²) in [6.07, 6.45) is 2.52. The van der Waals surface area contributed by atoms with Gasteiger partial charge in [-0.05, 0) is 69.7 Å². The van der Waals surface area contributed by atoms with Crippen molar-refractivity contribution in [2.75, 3.05) is 0 Å². The van der Waals surface area contributed by atoms with E-state index in [0.29, 0.717) is 17.7 Å². The number of ether oxygens (including phenoxy) is 2. The van der Waals surface area contributed by atoms with Crippen LogP contribution in [0, 0.1) is 13.8 Å². The number of benzene rings is 2. The summed E-state index contributed by atoms with van der Waals surface area (Å²) in [5.74, 6) is 1.03. The van der Waals surface area contributed by atoms with E-state index in [4.69, 9.17) is 20.2 Å². The smallest absolute Gasteiger partial charge is 0.249 e. The number of hydrogen-bond donors (Lipinski definition) is 1. The van der Waals surface area contributed by atoms with Crippen molar-refractivity contribution in [2.45, 2.75) is 80.4 Å². The first-order chi connectivity index (χ1) is 16.7. The Labute approximate surface area is 209 Å². The summed E-state index contributed by atoms with van der Waals surface area (Å²) in [7, 11) is 0. The van der Waals surface area contributed by atoms with Crippen LogP contribution < -0.4 is 15.2 Å². The number of amides is 1. The third-order valence-electron chi connectivity index (χ3n) is 6.35. The number of carbonyl (C=O) groups excluding carboxylic acids is 1. The highest BCUT2D eigenvalue weighted by Gasteiger charge is 2.20. The third kappa shape index (κ3) is 5.67. The lowest BCUT2D eigenvalue weighted by Crippen LogP contribution is -2.15. The molecule has 0 aliphatic rings. The van der Waals surface area contributed by atoms with E-state index in [0.717, 1.165) is 46.7 Å². The number of primary amides is 1. The molecule has 0 bridgehead atoms. The molecule has 0 saturated carbocycles. The maximum Gasteiger partial charge on any atom is 0.249 e. The number of hydrogen-bond acceptors (Lipinski definition) is 4. The zero-order valence-corrected chi connectivity index (χ0v) is 22.1. The molecule has 0 fully saturated rings. The molecule has 0 aliphatic carbocycles. The van der Waals surface area contributed by atoms with Crippen LogP contribution in [0.2, 0.25) is 0 Å². The molecule has 186 valence electrons. The van der Waals surface area contributed by atoms with Crippen LogP contribution in [0.15, 0.2) is 36.4 Å². The summed E-state index contributed by atoms with van der Waals surface area (Å²) in [6.45, 7) is 14.7. The largest absolute Gasteiger partial charge is 0.490 e. The molecule has 1 heterocycles. The highest BCUT2D eigenvalue weighted by molar-refractivity contribution is 5.95. The fourth-order valence-corrected chi connectivity index (χ4v) is 4.58. The van der Waals surface area contributed by atoms with E-state index in [2.05, 4.69) is 32.0 Å². The van der Waals surface area contributed by atoms with Crippen LogP contribution in [0.25, 0.3) is 11.3 Å². The molecule has 2 aromatic carbocycles. The molecule has 0 spiro atoms. The van der Waals surface area contributed by atoms with Crippen LogP contribution >= 0.6 is 0 Å². The predicted octanol–water partition coefficient (Wildman–Crippen LogP) is 6.52. The molecule has 1 aromatic heterocycles. The predicted molar refractivity (Wildman–Crippen MR) is 142 cm³/mol. The summed E-state index contributed by atoms with van der Waals surface area (Å²) in [4.78, 5) is 17.0. The lowest BCUT2D eigenvalue weighted by atomic mass is 9.94. The Morgan fingerprint density at radius 2 is 1.63 bits per heavy atom. The van der Waals surface area contributed by atoms with Crippen LogP contribution in [0.3, 0.4) is 0 Å². The van der Waals surface area contributed by atoms with Gasteiger partial charge >= 0.3 is 0 Å². The van der Waals surface area contributed by atoms with E-state index in [-0.39, 0.29) is 12.7 Å². The number of carbonyl (C=O) groups is 1. The first-order valence-electron chi connectivity index (χ1n) is 12.5. The second-order valence-electron chi connectivity index (χ2n) is 9.14. The first-order valence-corrected chi connectivity index (χ1v) is 12.5. The van der Waals surface area contributed by atoms with Crippen molar-refractivity contribution in [3.63, 3.8) is 0 Å². The van der Waals surface area contributed by atoms with Crippen LogP contribution in [0.4, 0.5) is 0 Å². The van der Waals surface area contributed by atoms with Crippen molar-refractivity contribution >= 4 is 5.91 Å². The summed E-state index contributed by atoms with van der Waals surface area (Å²) >= 11 is 0. The molecule has 5 heteroatoms. The number of pyridine rings is 1. The second-order valence-corrected chi connectivity index (χ2v) is 9.14. The molecule has 3 rings (SSSR count). The Balaban J connectivity index is 2.09. The maximum atomic E-state index is 12.0. The molecular weight excluding hydrogens is 436 g/mol. The van der Waals surface area contributed by atoms with Gasteiger partial charge in [-0.2, -0.15) is 0 Å². The minimum Gasteiger partial charge on any atom is -0.490 e. The summed E-state index contributed by atoms with van der Waals surface area (Å²) in [5, 5.41) is 0. The molecule has 3 aromatic rings. The van der Waals surface area contributed by atoms with E-state index < -0.39 is 5.91 Å². The molecule has 0 unspecified atom stereocenters. The second kappa shape index (κ2) is 11.4. The quantitative estimate of drug-likeness (QED) is 0.363. The fourth-order valence-electron chi connectivity index (χ4n) is 4.58. The highest BCUT2D eigenvalue weighted by Crippen LogP contribution is 2.35. The van der Waals surface area contributed by atoms with Crippen molar-refractivity contribution in [3.8, 4) is 22.8 Å². The van der Waals surface area contributed by atoms with Crippen LogP contribution in [0.5, 0.6) is 11.5 Å². The average molecular weight is 475 g/mol. The maximum absolute atomic E-state index is 12.0. The van der Waals surface area contributed by atoms with Crippen molar-refractivity contribution in [2.24, 2.45) is 5.73 Å². The van der Waals surface area contributed by atoms with Crippen molar-refractivity contribution < 1.29 is 14.3 Å². The Hall–Kier alpha value is -3.34. The van der Waals surface area contributed by atoms with Crippen molar-refractivity contribution in [3.05, 3.63) is 75.5 Å². The Bertz CT molecular complexity index is 1190. The number of rotatable bonds is 10. The van der Waals surface area contributed by atoms with Gasteiger partial charge in [-0.3, -0.25) is 9.78 Å². The van der Waals surface area contributed by atoms with E-state index in [9.17, 15) is 4.79 Å². The molecule has 0 radical (unpaired) electrons. The number of aryl methyl sites for hydroxylation is 4.